The monoisotopic (exact) mass is 332 g/mol. The lowest BCUT2D eigenvalue weighted by Crippen LogP contribution is -2.48. The molecule has 0 saturated carbocycles. The number of hydrogen-bond acceptors (Lipinski definition) is 5. The molecular formula is C17H28N6O. The lowest BCUT2D eigenvalue weighted by atomic mass is 10.0. The molecule has 2 atom stereocenters. The minimum absolute atomic E-state index is 0.121. The summed E-state index contributed by atoms with van der Waals surface area (Å²) < 4.78 is 10.0. The standard InChI is InChI=1S/C17H28N6O/c1-4-22-12-15(19-13-22)9-18-10-16-17(14-8-20-21(3)11-14)23(5-2)6-7-24-16/h8,11-13,16-18H,4-7,9-10H2,1-3H3/t16-,17-/m0/s1. The average Bonchev–Trinajstić information content (AvgIpc) is 3.23. The van der Waals surface area contributed by atoms with E-state index < -0.39 is 0 Å². The number of likely N-dealkylation sites (N-methyl/N-ethyl adjacent to an activating group) is 1. The molecule has 0 aromatic carbocycles. The number of nitrogens with zero attached hydrogens (tertiary/aromatic N) is 5. The van der Waals surface area contributed by atoms with Crippen molar-refractivity contribution in [2.24, 2.45) is 7.05 Å². The molecule has 3 rings (SSSR count). The van der Waals surface area contributed by atoms with Crippen molar-refractivity contribution in [1.82, 2.24) is 29.5 Å². The highest BCUT2D eigenvalue weighted by atomic mass is 16.5. The molecule has 0 spiro atoms. The molecule has 1 aliphatic rings. The van der Waals surface area contributed by atoms with Crippen LogP contribution in [0, 0.1) is 0 Å². The normalized spacial score (nSPS) is 22.1. The summed E-state index contributed by atoms with van der Waals surface area (Å²) >= 11 is 0. The van der Waals surface area contributed by atoms with Gasteiger partial charge in [0.05, 0.1) is 37.0 Å². The molecule has 0 amide bonds. The van der Waals surface area contributed by atoms with Crippen molar-refractivity contribution < 1.29 is 4.74 Å². The number of imidazole rings is 1. The van der Waals surface area contributed by atoms with Gasteiger partial charge >= 0.3 is 0 Å². The fraction of sp³-hybridized carbons (Fsp3) is 0.647. The Morgan fingerprint density at radius 1 is 1.29 bits per heavy atom. The lowest BCUT2D eigenvalue weighted by molar-refractivity contribution is -0.0695. The summed E-state index contributed by atoms with van der Waals surface area (Å²) in [4.78, 5) is 6.89. The van der Waals surface area contributed by atoms with Gasteiger partial charge in [0.15, 0.2) is 0 Å². The summed E-state index contributed by atoms with van der Waals surface area (Å²) in [6.07, 6.45) is 8.14. The second-order valence-corrected chi connectivity index (χ2v) is 6.26. The van der Waals surface area contributed by atoms with E-state index in [1.54, 1.807) is 0 Å². The zero-order valence-corrected chi connectivity index (χ0v) is 14.9. The molecule has 2 aromatic rings. The van der Waals surface area contributed by atoms with E-state index in [1.165, 1.54) is 5.56 Å². The lowest BCUT2D eigenvalue weighted by Gasteiger charge is -2.40. The second kappa shape index (κ2) is 7.92. The fourth-order valence-electron chi connectivity index (χ4n) is 3.34. The Morgan fingerprint density at radius 3 is 2.83 bits per heavy atom. The fourth-order valence-corrected chi connectivity index (χ4v) is 3.34. The van der Waals surface area contributed by atoms with Crippen LogP contribution in [0.2, 0.25) is 0 Å². The molecule has 1 N–H and O–H groups in total. The first-order valence-electron chi connectivity index (χ1n) is 8.76. The average molecular weight is 332 g/mol. The maximum Gasteiger partial charge on any atom is 0.0949 e. The minimum Gasteiger partial charge on any atom is -0.374 e. The number of aryl methyl sites for hydroxylation is 2. The van der Waals surface area contributed by atoms with E-state index >= 15 is 0 Å². The summed E-state index contributed by atoms with van der Waals surface area (Å²) in [6, 6.07) is 0.248. The third-order valence-electron chi connectivity index (χ3n) is 4.63. The van der Waals surface area contributed by atoms with Gasteiger partial charge in [-0.3, -0.25) is 9.58 Å². The predicted octanol–water partition coefficient (Wildman–Crippen LogP) is 1.19. The maximum absolute atomic E-state index is 6.08. The predicted molar refractivity (Wildman–Crippen MR) is 92.5 cm³/mol. The molecule has 7 nitrogen and oxygen atoms in total. The largest absolute Gasteiger partial charge is 0.374 e. The zero-order valence-electron chi connectivity index (χ0n) is 14.9. The summed E-state index contributed by atoms with van der Waals surface area (Å²) in [5.74, 6) is 0. The van der Waals surface area contributed by atoms with E-state index in [2.05, 4.69) is 51.1 Å². The number of nitrogens with one attached hydrogen (secondary N) is 1. The van der Waals surface area contributed by atoms with Crippen LogP contribution in [0.25, 0.3) is 0 Å². The van der Waals surface area contributed by atoms with Crippen LogP contribution < -0.4 is 5.32 Å². The minimum atomic E-state index is 0.121. The molecule has 0 bridgehead atoms. The Labute approximate surface area is 143 Å². The topological polar surface area (TPSA) is 60.1 Å². The van der Waals surface area contributed by atoms with Crippen LogP contribution in [0.5, 0.6) is 0 Å². The van der Waals surface area contributed by atoms with Crippen LogP contribution in [0.4, 0.5) is 0 Å². The van der Waals surface area contributed by atoms with Crippen molar-refractivity contribution in [2.45, 2.75) is 39.1 Å². The molecule has 0 aliphatic carbocycles. The van der Waals surface area contributed by atoms with Gasteiger partial charge in [-0.05, 0) is 13.5 Å². The molecule has 24 heavy (non-hydrogen) atoms. The van der Waals surface area contributed by atoms with Crippen molar-refractivity contribution in [3.8, 4) is 0 Å². The number of rotatable bonds is 7. The van der Waals surface area contributed by atoms with Gasteiger partial charge in [-0.25, -0.2) is 4.98 Å². The van der Waals surface area contributed by atoms with Crippen LogP contribution in [0.3, 0.4) is 0 Å². The smallest absolute Gasteiger partial charge is 0.0949 e. The molecule has 0 radical (unpaired) electrons. The Balaban J connectivity index is 1.63. The van der Waals surface area contributed by atoms with E-state index in [0.717, 1.165) is 45.0 Å². The van der Waals surface area contributed by atoms with Gasteiger partial charge in [0, 0.05) is 51.2 Å². The summed E-state index contributed by atoms with van der Waals surface area (Å²) in [5, 5.41) is 7.84. The van der Waals surface area contributed by atoms with Crippen LogP contribution in [-0.2, 0) is 24.9 Å². The summed E-state index contributed by atoms with van der Waals surface area (Å²) in [6.45, 7) is 9.60. The Kier molecular flexibility index (Phi) is 5.65. The highest BCUT2D eigenvalue weighted by Gasteiger charge is 2.33. The highest BCUT2D eigenvalue weighted by Crippen LogP contribution is 2.28. The van der Waals surface area contributed by atoms with Crippen LogP contribution >= 0.6 is 0 Å². The molecule has 132 valence electrons. The van der Waals surface area contributed by atoms with Gasteiger partial charge in [0.2, 0.25) is 0 Å². The first-order chi connectivity index (χ1) is 11.7. The van der Waals surface area contributed by atoms with Crippen LogP contribution in [-0.4, -0.2) is 56.6 Å². The summed E-state index contributed by atoms with van der Waals surface area (Å²) in [5.41, 5.74) is 2.29. The number of aromatic nitrogens is 4. The van der Waals surface area contributed by atoms with E-state index in [0.29, 0.717) is 0 Å². The Hall–Kier alpha value is -1.70. The van der Waals surface area contributed by atoms with Crippen LogP contribution in [0.15, 0.2) is 24.9 Å². The molecule has 1 aliphatic heterocycles. The molecule has 0 unspecified atom stereocenters. The molecule has 1 saturated heterocycles. The Morgan fingerprint density at radius 2 is 2.17 bits per heavy atom. The number of morpholine rings is 1. The highest BCUT2D eigenvalue weighted by molar-refractivity contribution is 5.14. The third-order valence-corrected chi connectivity index (χ3v) is 4.63. The quantitative estimate of drug-likeness (QED) is 0.825. The van der Waals surface area contributed by atoms with E-state index in [-0.39, 0.29) is 12.1 Å². The van der Waals surface area contributed by atoms with Gasteiger partial charge in [-0.15, -0.1) is 0 Å². The Bertz CT molecular complexity index is 637. The zero-order chi connectivity index (χ0) is 16.9. The summed E-state index contributed by atoms with van der Waals surface area (Å²) in [7, 11) is 1.96. The van der Waals surface area contributed by atoms with Gasteiger partial charge in [0.25, 0.3) is 0 Å². The number of ether oxygens (including phenoxy) is 1. The van der Waals surface area contributed by atoms with Gasteiger partial charge < -0.3 is 14.6 Å². The van der Waals surface area contributed by atoms with Gasteiger partial charge in [0.1, 0.15) is 0 Å². The van der Waals surface area contributed by atoms with Crippen molar-refractivity contribution >= 4 is 0 Å². The van der Waals surface area contributed by atoms with Crippen molar-refractivity contribution in [3.63, 3.8) is 0 Å². The van der Waals surface area contributed by atoms with Gasteiger partial charge in [-0.1, -0.05) is 6.92 Å². The first-order valence-corrected chi connectivity index (χ1v) is 8.76. The third kappa shape index (κ3) is 3.85. The first kappa shape index (κ1) is 17.1. The van der Waals surface area contributed by atoms with Gasteiger partial charge in [-0.2, -0.15) is 5.10 Å². The molecular weight excluding hydrogens is 304 g/mol. The van der Waals surface area contributed by atoms with E-state index in [1.807, 2.05) is 24.3 Å². The second-order valence-electron chi connectivity index (χ2n) is 6.26. The SMILES string of the molecule is CCN1CCO[C@@H](CNCc2cn(CC)cn2)[C@@H]1c1cnn(C)c1. The van der Waals surface area contributed by atoms with E-state index in [4.69, 9.17) is 4.74 Å². The van der Waals surface area contributed by atoms with Crippen molar-refractivity contribution in [1.29, 1.82) is 0 Å². The molecule has 2 aromatic heterocycles. The van der Waals surface area contributed by atoms with E-state index in [9.17, 15) is 0 Å². The number of hydrogen-bond donors (Lipinski definition) is 1. The van der Waals surface area contributed by atoms with Crippen LogP contribution in [0.1, 0.15) is 31.1 Å². The molecule has 3 heterocycles. The molecule has 1 fully saturated rings. The van der Waals surface area contributed by atoms with Crippen molar-refractivity contribution in [2.75, 3.05) is 26.2 Å². The maximum atomic E-state index is 6.08. The molecule has 7 heteroatoms. The van der Waals surface area contributed by atoms with Crippen molar-refractivity contribution in [3.05, 3.63) is 36.2 Å².